The highest BCUT2D eigenvalue weighted by atomic mass is 32.1. The van der Waals surface area contributed by atoms with Crippen LogP contribution in [0, 0.1) is 17.1 Å². The maximum atomic E-state index is 13.6. The van der Waals surface area contributed by atoms with Crippen LogP contribution in [0.4, 0.5) is 14.5 Å². The Morgan fingerprint density at radius 1 is 1.00 bits per heavy atom. The van der Waals surface area contributed by atoms with Crippen molar-refractivity contribution in [2.24, 2.45) is 0 Å². The maximum absolute atomic E-state index is 13.6. The standard InChI is InChI=1S/C27H28FN5OS/c28-22-12-10-20(11-13-22)24-26(33-16-14-32(15-17-33)23-4-2-1-3-5-23)35-27(30-24)31-25(34)21-8-6-19(18-29)7-9-21/h6-13,23H,1-5,14-17H2,(H,30,31,34). The number of anilines is 2. The van der Waals surface area contributed by atoms with Crippen LogP contribution in [0.25, 0.3) is 11.3 Å². The van der Waals surface area contributed by atoms with E-state index in [1.54, 1.807) is 36.4 Å². The lowest BCUT2D eigenvalue weighted by molar-refractivity contribution is 0.102. The van der Waals surface area contributed by atoms with Gasteiger partial charge in [0.2, 0.25) is 0 Å². The maximum Gasteiger partial charge on any atom is 0.257 e. The smallest absolute Gasteiger partial charge is 0.257 e. The Kier molecular flexibility index (Phi) is 7.07. The van der Waals surface area contributed by atoms with Gasteiger partial charge in [0.05, 0.1) is 11.6 Å². The third-order valence-electron chi connectivity index (χ3n) is 6.92. The Morgan fingerprint density at radius 2 is 1.69 bits per heavy atom. The van der Waals surface area contributed by atoms with E-state index in [1.807, 2.05) is 0 Å². The molecular weight excluding hydrogens is 461 g/mol. The van der Waals surface area contributed by atoms with Crippen molar-refractivity contribution in [1.82, 2.24) is 9.88 Å². The molecule has 1 amide bonds. The molecule has 180 valence electrons. The van der Waals surface area contributed by atoms with E-state index >= 15 is 0 Å². The molecule has 1 aliphatic carbocycles. The molecule has 35 heavy (non-hydrogen) atoms. The third-order valence-corrected chi connectivity index (χ3v) is 7.95. The average molecular weight is 490 g/mol. The number of thiazole rings is 1. The zero-order valence-electron chi connectivity index (χ0n) is 19.5. The number of rotatable bonds is 5. The van der Waals surface area contributed by atoms with Gasteiger partial charge in [-0.1, -0.05) is 30.6 Å². The quantitative estimate of drug-likeness (QED) is 0.510. The van der Waals surface area contributed by atoms with Crippen LogP contribution in [-0.4, -0.2) is 48.0 Å². The lowest BCUT2D eigenvalue weighted by Gasteiger charge is -2.41. The van der Waals surface area contributed by atoms with Crippen molar-refractivity contribution in [2.45, 2.75) is 38.1 Å². The number of hydrogen-bond donors (Lipinski definition) is 1. The van der Waals surface area contributed by atoms with E-state index in [4.69, 9.17) is 10.2 Å². The fourth-order valence-corrected chi connectivity index (χ4v) is 6.01. The fraction of sp³-hybridized carbons (Fsp3) is 0.370. The summed E-state index contributed by atoms with van der Waals surface area (Å²) in [4.78, 5) is 22.5. The van der Waals surface area contributed by atoms with Crippen LogP contribution in [0.15, 0.2) is 48.5 Å². The summed E-state index contributed by atoms with van der Waals surface area (Å²) < 4.78 is 13.6. The van der Waals surface area contributed by atoms with Crippen LogP contribution in [0.1, 0.15) is 48.0 Å². The summed E-state index contributed by atoms with van der Waals surface area (Å²) in [6.07, 6.45) is 6.61. The number of carbonyl (C=O) groups excluding carboxylic acids is 1. The molecule has 0 bridgehead atoms. The molecule has 0 unspecified atom stereocenters. The van der Waals surface area contributed by atoms with Gasteiger partial charge in [-0.2, -0.15) is 5.26 Å². The van der Waals surface area contributed by atoms with Crippen molar-refractivity contribution in [2.75, 3.05) is 36.4 Å². The monoisotopic (exact) mass is 489 g/mol. The Morgan fingerprint density at radius 3 is 2.34 bits per heavy atom. The van der Waals surface area contributed by atoms with Gasteiger partial charge in [0, 0.05) is 43.3 Å². The minimum atomic E-state index is -0.291. The van der Waals surface area contributed by atoms with Gasteiger partial charge in [0.1, 0.15) is 16.5 Å². The Hall–Kier alpha value is -3.28. The Balaban J connectivity index is 1.36. The molecule has 5 rings (SSSR count). The zero-order chi connectivity index (χ0) is 24.2. The number of piperazine rings is 1. The molecule has 1 saturated heterocycles. The summed E-state index contributed by atoms with van der Waals surface area (Å²) in [5.74, 6) is -0.566. The molecule has 3 aromatic rings. The van der Waals surface area contributed by atoms with Crippen LogP contribution < -0.4 is 10.2 Å². The predicted octanol–water partition coefficient (Wildman–Crippen LogP) is 5.53. The molecule has 2 aliphatic rings. The summed E-state index contributed by atoms with van der Waals surface area (Å²) in [5.41, 5.74) is 2.55. The lowest BCUT2D eigenvalue weighted by atomic mass is 9.94. The van der Waals surface area contributed by atoms with Crippen LogP contribution >= 0.6 is 11.3 Å². The van der Waals surface area contributed by atoms with Crippen molar-refractivity contribution in [3.8, 4) is 17.3 Å². The first-order chi connectivity index (χ1) is 17.1. The summed E-state index contributed by atoms with van der Waals surface area (Å²) in [6, 6.07) is 15.6. The molecule has 1 aromatic heterocycles. The number of nitriles is 1. The fourth-order valence-electron chi connectivity index (χ4n) is 4.98. The second kappa shape index (κ2) is 10.5. The minimum absolute atomic E-state index is 0.275. The first kappa shape index (κ1) is 23.5. The van der Waals surface area contributed by atoms with Crippen LogP contribution in [-0.2, 0) is 0 Å². The van der Waals surface area contributed by atoms with E-state index in [9.17, 15) is 9.18 Å². The molecular formula is C27H28FN5OS. The van der Waals surface area contributed by atoms with Crippen molar-refractivity contribution in [1.29, 1.82) is 5.26 Å². The second-order valence-electron chi connectivity index (χ2n) is 9.14. The van der Waals surface area contributed by atoms with Gasteiger partial charge in [0.25, 0.3) is 5.91 Å². The summed E-state index contributed by atoms with van der Waals surface area (Å²) >= 11 is 1.45. The number of nitrogens with zero attached hydrogens (tertiary/aromatic N) is 4. The van der Waals surface area contributed by atoms with Crippen LogP contribution in [0.2, 0.25) is 0 Å². The summed E-state index contributed by atoms with van der Waals surface area (Å²) in [5, 5.41) is 13.4. The SMILES string of the molecule is N#Cc1ccc(C(=O)Nc2nc(-c3ccc(F)cc3)c(N3CCN(C4CCCCC4)CC3)s2)cc1. The third kappa shape index (κ3) is 5.37. The number of halogens is 1. The van der Waals surface area contributed by atoms with E-state index in [1.165, 1.54) is 55.6 Å². The molecule has 0 radical (unpaired) electrons. The Bertz CT molecular complexity index is 1200. The van der Waals surface area contributed by atoms with Gasteiger partial charge in [-0.05, 0) is 61.4 Å². The van der Waals surface area contributed by atoms with Gasteiger partial charge < -0.3 is 4.90 Å². The summed E-state index contributed by atoms with van der Waals surface area (Å²) in [6.45, 7) is 3.82. The van der Waals surface area contributed by atoms with Crippen LogP contribution in [0.5, 0.6) is 0 Å². The largest absolute Gasteiger partial charge is 0.359 e. The molecule has 2 fully saturated rings. The summed E-state index contributed by atoms with van der Waals surface area (Å²) in [7, 11) is 0. The topological polar surface area (TPSA) is 72.3 Å². The molecule has 1 saturated carbocycles. The molecule has 8 heteroatoms. The molecule has 6 nitrogen and oxygen atoms in total. The van der Waals surface area contributed by atoms with Gasteiger partial charge >= 0.3 is 0 Å². The minimum Gasteiger partial charge on any atom is -0.359 e. The van der Waals surface area contributed by atoms with Crippen LogP contribution in [0.3, 0.4) is 0 Å². The van der Waals surface area contributed by atoms with E-state index in [2.05, 4.69) is 21.2 Å². The highest BCUT2D eigenvalue weighted by Gasteiger charge is 2.28. The van der Waals surface area contributed by atoms with Gasteiger partial charge in [-0.15, -0.1) is 0 Å². The highest BCUT2D eigenvalue weighted by Crippen LogP contribution is 2.39. The van der Waals surface area contributed by atoms with E-state index in [0.717, 1.165) is 42.4 Å². The molecule has 2 aromatic carbocycles. The zero-order valence-corrected chi connectivity index (χ0v) is 20.4. The van der Waals surface area contributed by atoms with Gasteiger partial charge in [-0.25, -0.2) is 9.37 Å². The van der Waals surface area contributed by atoms with E-state index < -0.39 is 0 Å². The van der Waals surface area contributed by atoms with Crippen molar-refractivity contribution >= 4 is 27.4 Å². The van der Waals surface area contributed by atoms with E-state index in [0.29, 0.717) is 22.3 Å². The normalized spacial score (nSPS) is 17.2. The van der Waals surface area contributed by atoms with Gasteiger partial charge in [0.15, 0.2) is 5.13 Å². The van der Waals surface area contributed by atoms with E-state index in [-0.39, 0.29) is 11.7 Å². The van der Waals surface area contributed by atoms with Crippen molar-refractivity contribution < 1.29 is 9.18 Å². The number of benzene rings is 2. The first-order valence-electron chi connectivity index (χ1n) is 12.2. The molecule has 1 N–H and O–H groups in total. The second-order valence-corrected chi connectivity index (χ2v) is 10.1. The van der Waals surface area contributed by atoms with Crippen molar-refractivity contribution in [3.05, 3.63) is 65.5 Å². The molecule has 2 heterocycles. The van der Waals surface area contributed by atoms with Crippen molar-refractivity contribution in [3.63, 3.8) is 0 Å². The lowest BCUT2D eigenvalue weighted by Crippen LogP contribution is -2.50. The average Bonchev–Trinajstić information content (AvgIpc) is 3.33. The number of aromatic nitrogens is 1. The number of hydrogen-bond acceptors (Lipinski definition) is 6. The molecule has 0 spiro atoms. The first-order valence-corrected chi connectivity index (χ1v) is 13.0. The van der Waals surface area contributed by atoms with Gasteiger partial charge in [-0.3, -0.25) is 15.0 Å². The molecule has 1 aliphatic heterocycles. The highest BCUT2D eigenvalue weighted by molar-refractivity contribution is 7.20. The Labute approximate surface area is 209 Å². The number of nitrogens with one attached hydrogen (secondary N) is 1. The number of carbonyl (C=O) groups is 1. The molecule has 0 atom stereocenters. The number of amides is 1. The predicted molar refractivity (Wildman–Crippen MR) is 137 cm³/mol.